The van der Waals surface area contributed by atoms with E-state index in [-0.39, 0.29) is 11.7 Å². The van der Waals surface area contributed by atoms with Gasteiger partial charge in [-0.2, -0.15) is 0 Å². The lowest BCUT2D eigenvalue weighted by molar-refractivity contribution is -0.123. The zero-order valence-electron chi connectivity index (χ0n) is 24.8. The minimum atomic E-state index is -0.339. The maximum atomic E-state index is 14.4. The number of aryl methyl sites for hydroxylation is 1. The SMILES string of the molecule is C/C=C(\C=NC(CC)C1CC1)C1=CN(C(=O)/C(C)=C(\C)Nc2ccc(C)cc2F)C(=C(C)CC)C=C1.CC. The Morgan fingerprint density at radius 2 is 1.87 bits per heavy atom. The van der Waals surface area contributed by atoms with E-state index in [0.717, 1.165) is 40.8 Å². The molecule has 1 fully saturated rings. The first-order valence-corrected chi connectivity index (χ1v) is 14.0. The van der Waals surface area contributed by atoms with Crippen LogP contribution in [0.15, 0.2) is 81.3 Å². The van der Waals surface area contributed by atoms with Crippen LogP contribution in [0.1, 0.15) is 86.6 Å². The van der Waals surface area contributed by atoms with Crippen molar-refractivity contribution in [1.29, 1.82) is 0 Å². The van der Waals surface area contributed by atoms with E-state index in [1.54, 1.807) is 24.8 Å². The van der Waals surface area contributed by atoms with Gasteiger partial charge in [-0.15, -0.1) is 0 Å². The molecule has 2 aliphatic rings. The van der Waals surface area contributed by atoms with Crippen molar-refractivity contribution < 1.29 is 9.18 Å². The lowest BCUT2D eigenvalue weighted by Crippen LogP contribution is -2.29. The third-order valence-electron chi connectivity index (χ3n) is 7.10. The Kier molecular flexibility index (Phi) is 12.0. The summed E-state index contributed by atoms with van der Waals surface area (Å²) in [5.74, 6) is 0.226. The van der Waals surface area contributed by atoms with Crippen LogP contribution in [0.5, 0.6) is 0 Å². The first-order chi connectivity index (χ1) is 18.2. The fourth-order valence-electron chi connectivity index (χ4n) is 4.26. The number of carbonyl (C=O) groups excluding carboxylic acids is 1. The second kappa shape index (κ2) is 14.7. The van der Waals surface area contributed by atoms with Gasteiger partial charge in [0.25, 0.3) is 5.91 Å². The van der Waals surface area contributed by atoms with Gasteiger partial charge in [-0.05, 0) is 107 Å². The van der Waals surface area contributed by atoms with Gasteiger partial charge >= 0.3 is 0 Å². The maximum absolute atomic E-state index is 14.4. The zero-order chi connectivity index (χ0) is 28.4. The van der Waals surface area contributed by atoms with Gasteiger partial charge in [0.15, 0.2) is 0 Å². The molecule has 1 aromatic rings. The fourth-order valence-corrected chi connectivity index (χ4v) is 4.26. The van der Waals surface area contributed by atoms with Crippen molar-refractivity contribution in [2.45, 2.75) is 94.0 Å². The number of allylic oxidation sites excluding steroid dienone is 7. The van der Waals surface area contributed by atoms with E-state index < -0.39 is 0 Å². The molecule has 38 heavy (non-hydrogen) atoms. The first-order valence-electron chi connectivity index (χ1n) is 14.0. The van der Waals surface area contributed by atoms with Crippen LogP contribution in [0.25, 0.3) is 0 Å². The van der Waals surface area contributed by atoms with Crippen molar-refractivity contribution in [3.8, 4) is 0 Å². The number of hydrogen-bond acceptors (Lipinski definition) is 3. The normalized spacial score (nSPS) is 18.4. The number of nitrogens with one attached hydrogen (secondary N) is 1. The van der Waals surface area contributed by atoms with Crippen molar-refractivity contribution in [1.82, 2.24) is 4.90 Å². The van der Waals surface area contributed by atoms with Crippen molar-refractivity contribution in [3.05, 3.63) is 87.7 Å². The van der Waals surface area contributed by atoms with Crippen molar-refractivity contribution >= 4 is 17.8 Å². The third kappa shape index (κ3) is 7.89. The quantitative estimate of drug-likeness (QED) is 0.261. The summed E-state index contributed by atoms with van der Waals surface area (Å²) in [6.45, 7) is 17.7. The largest absolute Gasteiger partial charge is 0.356 e. The van der Waals surface area contributed by atoms with Gasteiger partial charge in [0.1, 0.15) is 5.82 Å². The van der Waals surface area contributed by atoms with Crippen LogP contribution in [0.2, 0.25) is 0 Å². The summed E-state index contributed by atoms with van der Waals surface area (Å²) < 4.78 is 14.4. The molecule has 5 heteroatoms. The van der Waals surface area contributed by atoms with E-state index in [2.05, 4.69) is 25.2 Å². The predicted octanol–water partition coefficient (Wildman–Crippen LogP) is 9.04. The number of anilines is 1. The van der Waals surface area contributed by atoms with Crippen LogP contribution in [-0.2, 0) is 4.79 Å². The number of rotatable bonds is 9. The Bertz CT molecular complexity index is 1180. The van der Waals surface area contributed by atoms with Gasteiger partial charge in [0, 0.05) is 29.4 Å². The van der Waals surface area contributed by atoms with Crippen molar-refractivity contribution in [3.63, 3.8) is 0 Å². The second-order valence-electron chi connectivity index (χ2n) is 9.81. The topological polar surface area (TPSA) is 44.7 Å². The monoisotopic (exact) mass is 519 g/mol. The lowest BCUT2D eigenvalue weighted by Gasteiger charge is -2.27. The number of halogens is 1. The molecule has 0 bridgehead atoms. The van der Waals surface area contributed by atoms with Gasteiger partial charge in [-0.25, -0.2) is 4.39 Å². The average Bonchev–Trinajstić information content (AvgIpc) is 3.77. The Labute approximate surface area is 229 Å². The molecule has 1 saturated carbocycles. The molecule has 1 N–H and O–H groups in total. The van der Waals surface area contributed by atoms with Crippen LogP contribution in [0.3, 0.4) is 0 Å². The van der Waals surface area contributed by atoms with E-state index in [9.17, 15) is 9.18 Å². The van der Waals surface area contributed by atoms with Crippen molar-refractivity contribution in [2.24, 2.45) is 10.9 Å². The molecule has 1 aromatic carbocycles. The molecule has 1 aliphatic carbocycles. The van der Waals surface area contributed by atoms with Crippen LogP contribution in [-0.4, -0.2) is 23.1 Å². The summed E-state index contributed by atoms with van der Waals surface area (Å²) in [5.41, 5.74) is 6.27. The second-order valence-corrected chi connectivity index (χ2v) is 9.81. The smallest absolute Gasteiger partial charge is 0.259 e. The molecular formula is C33H46FN3O. The molecular weight excluding hydrogens is 473 g/mol. The number of aliphatic imine (C=N–C) groups is 1. The van der Waals surface area contributed by atoms with E-state index in [1.165, 1.54) is 18.9 Å². The number of carbonyl (C=O) groups is 1. The molecule has 3 rings (SSSR count). The van der Waals surface area contributed by atoms with Crippen LogP contribution >= 0.6 is 0 Å². The number of amides is 1. The van der Waals surface area contributed by atoms with E-state index in [1.807, 2.05) is 65.3 Å². The molecule has 0 radical (unpaired) electrons. The van der Waals surface area contributed by atoms with E-state index >= 15 is 0 Å². The van der Waals surface area contributed by atoms with Gasteiger partial charge in [0.05, 0.1) is 11.7 Å². The van der Waals surface area contributed by atoms with Crippen LogP contribution in [0.4, 0.5) is 10.1 Å². The van der Waals surface area contributed by atoms with Crippen molar-refractivity contribution in [2.75, 3.05) is 5.32 Å². The summed E-state index contributed by atoms with van der Waals surface area (Å²) in [7, 11) is 0. The van der Waals surface area contributed by atoms with Gasteiger partial charge in [-0.3, -0.25) is 14.7 Å². The highest BCUT2D eigenvalue weighted by atomic mass is 19.1. The highest BCUT2D eigenvalue weighted by molar-refractivity contribution is 5.97. The van der Waals surface area contributed by atoms with Gasteiger partial charge in [-0.1, -0.05) is 45.9 Å². The molecule has 206 valence electrons. The minimum Gasteiger partial charge on any atom is -0.356 e. The highest BCUT2D eigenvalue weighted by Crippen LogP contribution is 2.36. The number of hydrogen-bond donors (Lipinski definition) is 1. The zero-order valence-corrected chi connectivity index (χ0v) is 24.8. The molecule has 1 amide bonds. The van der Waals surface area contributed by atoms with Crippen LogP contribution in [0, 0.1) is 18.7 Å². The Hall–Kier alpha value is -3.21. The Morgan fingerprint density at radius 3 is 2.42 bits per heavy atom. The summed E-state index contributed by atoms with van der Waals surface area (Å²) in [4.78, 5) is 20.3. The highest BCUT2D eigenvalue weighted by Gasteiger charge is 2.29. The average molecular weight is 520 g/mol. The fraction of sp³-hybridized carbons (Fsp3) is 0.455. The number of benzene rings is 1. The molecule has 0 spiro atoms. The molecule has 4 nitrogen and oxygen atoms in total. The van der Waals surface area contributed by atoms with E-state index in [0.29, 0.717) is 28.9 Å². The van der Waals surface area contributed by atoms with Crippen LogP contribution < -0.4 is 5.32 Å². The third-order valence-corrected chi connectivity index (χ3v) is 7.10. The standard InChI is InChI=1S/C31H40FN3O.C2H6/c1-8-21(5)30-16-14-26(24(9-2)18-33-28(10-3)25-12-13-25)19-35(30)31(36)22(6)23(7)34-29-15-11-20(4)17-27(29)32;1-2/h9,11,14-19,25,28,34H,8,10,12-13H2,1-7H3;1-2H3/b23-22+,24-9+,30-21?,33-18?;. The first kappa shape index (κ1) is 31.0. The Morgan fingerprint density at radius 1 is 1.18 bits per heavy atom. The Balaban J connectivity index is 0.00000247. The minimum absolute atomic E-state index is 0.144. The summed E-state index contributed by atoms with van der Waals surface area (Å²) in [6, 6.07) is 5.39. The summed E-state index contributed by atoms with van der Waals surface area (Å²) >= 11 is 0. The molecule has 0 aromatic heterocycles. The summed E-state index contributed by atoms with van der Waals surface area (Å²) in [6.07, 6.45) is 14.4. The summed E-state index contributed by atoms with van der Waals surface area (Å²) in [5, 5.41) is 3.09. The van der Waals surface area contributed by atoms with E-state index in [4.69, 9.17) is 4.99 Å². The predicted molar refractivity (Wildman–Crippen MR) is 161 cm³/mol. The van der Waals surface area contributed by atoms with Gasteiger partial charge in [0.2, 0.25) is 0 Å². The molecule has 1 aliphatic heterocycles. The molecule has 1 heterocycles. The lowest BCUT2D eigenvalue weighted by atomic mass is 10.0. The van der Waals surface area contributed by atoms with Gasteiger partial charge < -0.3 is 5.32 Å². The molecule has 1 atom stereocenters. The number of nitrogens with zero attached hydrogens (tertiary/aromatic N) is 2. The maximum Gasteiger partial charge on any atom is 0.259 e. The molecule has 1 unspecified atom stereocenters. The molecule has 0 saturated heterocycles.